The van der Waals surface area contributed by atoms with Gasteiger partial charge < -0.3 is 4.74 Å². The summed E-state index contributed by atoms with van der Waals surface area (Å²) in [7, 11) is 4.26. The Kier molecular flexibility index (Phi) is 5.37. The van der Waals surface area contributed by atoms with Gasteiger partial charge in [0, 0.05) is 19.7 Å². The van der Waals surface area contributed by atoms with Crippen molar-refractivity contribution in [2.45, 2.75) is 24.1 Å². The van der Waals surface area contributed by atoms with Crippen molar-refractivity contribution >= 4 is 28.8 Å². The third kappa shape index (κ3) is 3.33. The first-order valence-electron chi connectivity index (χ1n) is 8.54. The number of methoxy groups -OCH3 is 1. The van der Waals surface area contributed by atoms with E-state index in [1.165, 1.54) is 18.7 Å². The van der Waals surface area contributed by atoms with Crippen LogP contribution < -0.4 is 11.2 Å². The van der Waals surface area contributed by atoms with Crippen molar-refractivity contribution in [1.82, 2.24) is 19.1 Å². The summed E-state index contributed by atoms with van der Waals surface area (Å²) < 4.78 is 7.10. The highest BCUT2D eigenvalue weighted by Crippen LogP contribution is 2.30. The van der Waals surface area contributed by atoms with Crippen LogP contribution in [0.25, 0.3) is 22.4 Å². The Morgan fingerprint density at radius 2 is 1.82 bits per heavy atom. The minimum absolute atomic E-state index is 0.197. The SMILES string of the molecule is COC(=O)[C@H](C)Sc1nc(-c2ccccc2C)nc2c1c(=O)n(C)c(=O)n2C. The molecule has 8 nitrogen and oxygen atoms in total. The molecule has 2 heterocycles. The zero-order valence-electron chi connectivity index (χ0n) is 16.2. The highest BCUT2D eigenvalue weighted by Gasteiger charge is 2.23. The number of hydrogen-bond donors (Lipinski definition) is 0. The second-order valence-corrected chi connectivity index (χ2v) is 7.68. The van der Waals surface area contributed by atoms with Gasteiger partial charge in [-0.1, -0.05) is 36.0 Å². The Bertz CT molecular complexity index is 1200. The van der Waals surface area contributed by atoms with Crippen molar-refractivity contribution in [3.8, 4) is 11.4 Å². The van der Waals surface area contributed by atoms with Crippen LogP contribution >= 0.6 is 11.8 Å². The molecule has 1 aromatic carbocycles. The van der Waals surface area contributed by atoms with E-state index in [2.05, 4.69) is 9.97 Å². The summed E-state index contributed by atoms with van der Waals surface area (Å²) in [5, 5.41) is -0.0604. The highest BCUT2D eigenvalue weighted by molar-refractivity contribution is 8.00. The molecule has 0 unspecified atom stereocenters. The number of nitrogens with zero attached hydrogens (tertiary/aromatic N) is 4. The molecule has 0 bridgehead atoms. The van der Waals surface area contributed by atoms with Gasteiger partial charge in [-0.25, -0.2) is 14.8 Å². The summed E-state index contributed by atoms with van der Waals surface area (Å²) in [4.78, 5) is 46.2. The fourth-order valence-electron chi connectivity index (χ4n) is 2.84. The zero-order chi connectivity index (χ0) is 20.6. The Morgan fingerprint density at radius 3 is 2.46 bits per heavy atom. The summed E-state index contributed by atoms with van der Waals surface area (Å²) in [6.07, 6.45) is 0. The maximum absolute atomic E-state index is 12.8. The molecule has 1 atom stereocenters. The highest BCUT2D eigenvalue weighted by atomic mass is 32.2. The summed E-state index contributed by atoms with van der Waals surface area (Å²) in [5.41, 5.74) is 0.969. The number of esters is 1. The lowest BCUT2D eigenvalue weighted by atomic mass is 10.1. The van der Waals surface area contributed by atoms with Crippen LogP contribution in [-0.4, -0.2) is 37.4 Å². The number of rotatable bonds is 4. The second kappa shape index (κ2) is 7.59. The molecule has 0 aliphatic carbocycles. The van der Waals surface area contributed by atoms with E-state index < -0.39 is 22.5 Å². The fraction of sp³-hybridized carbons (Fsp3) is 0.316. The van der Waals surface area contributed by atoms with Crippen molar-refractivity contribution in [2.75, 3.05) is 7.11 Å². The van der Waals surface area contributed by atoms with Gasteiger partial charge >= 0.3 is 11.7 Å². The lowest BCUT2D eigenvalue weighted by molar-refractivity contribution is -0.139. The van der Waals surface area contributed by atoms with E-state index in [-0.39, 0.29) is 11.0 Å². The number of hydrogen-bond acceptors (Lipinski definition) is 7. The molecular formula is C19H20N4O4S. The van der Waals surface area contributed by atoms with Crippen LogP contribution in [0, 0.1) is 6.92 Å². The Morgan fingerprint density at radius 1 is 1.14 bits per heavy atom. The average molecular weight is 400 g/mol. The number of carbonyl (C=O) groups is 1. The summed E-state index contributed by atoms with van der Waals surface area (Å²) in [6, 6.07) is 7.56. The second-order valence-electron chi connectivity index (χ2n) is 6.35. The van der Waals surface area contributed by atoms with E-state index in [1.807, 2.05) is 31.2 Å². The maximum atomic E-state index is 12.8. The van der Waals surface area contributed by atoms with E-state index in [0.29, 0.717) is 10.9 Å². The predicted octanol–water partition coefficient (Wildman–Crippen LogP) is 1.66. The monoisotopic (exact) mass is 400 g/mol. The van der Waals surface area contributed by atoms with Gasteiger partial charge in [0.15, 0.2) is 11.5 Å². The molecule has 146 valence electrons. The van der Waals surface area contributed by atoms with Crippen LogP contribution in [-0.2, 0) is 23.6 Å². The number of benzene rings is 1. The number of thioether (sulfide) groups is 1. The van der Waals surface area contributed by atoms with E-state index >= 15 is 0 Å². The van der Waals surface area contributed by atoms with Crippen LogP contribution in [0.3, 0.4) is 0 Å². The van der Waals surface area contributed by atoms with Crippen LogP contribution in [0.1, 0.15) is 12.5 Å². The Balaban J connectivity index is 2.38. The standard InChI is InChI=1S/C19H20N4O4S/c1-10-8-6-7-9-12(10)14-20-15-13(17(24)23(4)19(26)22(15)3)16(21-14)28-11(2)18(25)27-5/h6-9,11H,1-5H3/t11-/m0/s1. The number of carbonyl (C=O) groups excluding carboxylic acids is 1. The van der Waals surface area contributed by atoms with Crippen molar-refractivity contribution in [1.29, 1.82) is 0 Å². The first-order chi connectivity index (χ1) is 13.3. The lowest BCUT2D eigenvalue weighted by Crippen LogP contribution is -2.37. The van der Waals surface area contributed by atoms with E-state index in [1.54, 1.807) is 14.0 Å². The minimum Gasteiger partial charge on any atom is -0.468 e. The Labute approximate surface area is 165 Å². The lowest BCUT2D eigenvalue weighted by Gasteiger charge is -2.14. The third-order valence-electron chi connectivity index (χ3n) is 4.47. The minimum atomic E-state index is -0.588. The molecule has 2 aromatic heterocycles. The quantitative estimate of drug-likeness (QED) is 0.373. The summed E-state index contributed by atoms with van der Waals surface area (Å²) in [6.45, 7) is 3.60. The Hall–Kier alpha value is -2.94. The zero-order valence-corrected chi connectivity index (χ0v) is 17.0. The van der Waals surface area contributed by atoms with E-state index in [0.717, 1.165) is 27.5 Å². The number of aromatic nitrogens is 4. The van der Waals surface area contributed by atoms with Crippen LogP contribution in [0.4, 0.5) is 0 Å². The molecule has 0 amide bonds. The van der Waals surface area contributed by atoms with Crippen molar-refractivity contribution < 1.29 is 9.53 Å². The van der Waals surface area contributed by atoms with Gasteiger partial charge in [-0.05, 0) is 19.4 Å². The molecule has 0 N–H and O–H groups in total. The number of ether oxygens (including phenoxy) is 1. The van der Waals surface area contributed by atoms with Crippen LogP contribution in [0.5, 0.6) is 0 Å². The van der Waals surface area contributed by atoms with Gasteiger partial charge in [0.1, 0.15) is 15.7 Å². The molecular weight excluding hydrogens is 380 g/mol. The van der Waals surface area contributed by atoms with Crippen molar-refractivity contribution in [3.05, 3.63) is 50.7 Å². The van der Waals surface area contributed by atoms with Crippen molar-refractivity contribution in [2.24, 2.45) is 14.1 Å². The molecule has 0 saturated heterocycles. The van der Waals surface area contributed by atoms with Gasteiger partial charge in [-0.3, -0.25) is 18.7 Å². The van der Waals surface area contributed by atoms with E-state index in [4.69, 9.17) is 4.74 Å². The third-order valence-corrected chi connectivity index (χ3v) is 5.54. The fourth-order valence-corrected chi connectivity index (χ4v) is 3.80. The average Bonchev–Trinajstić information content (AvgIpc) is 2.69. The molecule has 28 heavy (non-hydrogen) atoms. The van der Waals surface area contributed by atoms with Gasteiger partial charge in [-0.2, -0.15) is 0 Å². The van der Waals surface area contributed by atoms with Crippen molar-refractivity contribution in [3.63, 3.8) is 0 Å². The molecule has 3 rings (SSSR count). The topological polar surface area (TPSA) is 96.1 Å². The number of fused-ring (bicyclic) bond motifs is 1. The summed E-state index contributed by atoms with van der Waals surface area (Å²) in [5.74, 6) is -0.0516. The van der Waals surface area contributed by atoms with Gasteiger partial charge in [-0.15, -0.1) is 0 Å². The molecule has 9 heteroatoms. The first kappa shape index (κ1) is 19.8. The predicted molar refractivity (Wildman–Crippen MR) is 108 cm³/mol. The number of aryl methyl sites for hydroxylation is 2. The molecule has 0 fully saturated rings. The molecule has 0 saturated carbocycles. The van der Waals surface area contributed by atoms with Gasteiger partial charge in [0.25, 0.3) is 5.56 Å². The molecule has 0 aliphatic rings. The largest absolute Gasteiger partial charge is 0.468 e. The molecule has 0 spiro atoms. The summed E-state index contributed by atoms with van der Waals surface area (Å²) >= 11 is 1.10. The van der Waals surface area contributed by atoms with Crippen LogP contribution in [0.15, 0.2) is 38.9 Å². The smallest absolute Gasteiger partial charge is 0.332 e. The molecule has 3 aromatic rings. The molecule has 0 aliphatic heterocycles. The normalized spacial score (nSPS) is 12.2. The molecule has 0 radical (unpaired) electrons. The van der Waals surface area contributed by atoms with Gasteiger partial charge in [0.05, 0.1) is 7.11 Å². The van der Waals surface area contributed by atoms with Gasteiger partial charge in [0.2, 0.25) is 0 Å². The van der Waals surface area contributed by atoms with E-state index in [9.17, 15) is 14.4 Å². The first-order valence-corrected chi connectivity index (χ1v) is 9.42. The maximum Gasteiger partial charge on any atom is 0.332 e. The van der Waals surface area contributed by atoms with Crippen LogP contribution in [0.2, 0.25) is 0 Å².